The van der Waals surface area contributed by atoms with Crippen molar-refractivity contribution in [3.8, 4) is 0 Å². The quantitative estimate of drug-likeness (QED) is 0.257. The number of furan rings is 1. The fraction of sp³-hybridized carbons (Fsp3) is 0.0455. The molecule has 5 nitrogen and oxygen atoms in total. The Morgan fingerprint density at radius 1 is 1.06 bits per heavy atom. The minimum absolute atomic E-state index is 0.214. The first-order valence-electron chi connectivity index (χ1n) is 8.96. The highest BCUT2D eigenvalue weighted by Crippen LogP contribution is 2.35. The Kier molecular flexibility index (Phi) is 6.71. The smallest absolute Gasteiger partial charge is 0.293 e. The summed E-state index contributed by atoms with van der Waals surface area (Å²) in [4.78, 5) is 39.5. The second-order valence-electron chi connectivity index (χ2n) is 6.41. The number of carbonyl (C=O) groups excluding carboxylic acids is 3. The molecule has 0 spiro atoms. The first kappa shape index (κ1) is 22.0. The summed E-state index contributed by atoms with van der Waals surface area (Å²) in [5, 5.41) is 0.807. The van der Waals surface area contributed by atoms with Crippen molar-refractivity contribution in [2.24, 2.45) is 0 Å². The number of ketones is 1. The molecule has 156 valence electrons. The van der Waals surface area contributed by atoms with Crippen LogP contribution in [0.3, 0.4) is 0 Å². The van der Waals surface area contributed by atoms with Gasteiger partial charge in [0, 0.05) is 26.0 Å². The minimum Gasteiger partial charge on any atom is -0.450 e. The molecule has 0 radical (unpaired) electrons. The molecule has 1 saturated heterocycles. The van der Waals surface area contributed by atoms with Gasteiger partial charge in [-0.05, 0) is 60.3 Å². The van der Waals surface area contributed by atoms with Crippen molar-refractivity contribution in [1.82, 2.24) is 4.90 Å². The SMILES string of the molecule is O=C(CN1C(=O)S/C(=C\c2ccc(Sc3ccc(Cl)cc3)o2)C1=O)c1ccc(Br)cc1. The van der Waals surface area contributed by atoms with Gasteiger partial charge in [0.2, 0.25) is 0 Å². The van der Waals surface area contributed by atoms with Gasteiger partial charge >= 0.3 is 0 Å². The molecule has 1 aliphatic heterocycles. The summed E-state index contributed by atoms with van der Waals surface area (Å²) >= 11 is 11.4. The number of rotatable bonds is 6. The highest BCUT2D eigenvalue weighted by atomic mass is 79.9. The fourth-order valence-corrected chi connectivity index (χ4v) is 4.71. The molecule has 2 amide bonds. The van der Waals surface area contributed by atoms with Crippen LogP contribution < -0.4 is 0 Å². The van der Waals surface area contributed by atoms with E-state index in [1.54, 1.807) is 48.5 Å². The largest absolute Gasteiger partial charge is 0.450 e. The van der Waals surface area contributed by atoms with E-state index in [1.165, 1.54) is 17.8 Å². The van der Waals surface area contributed by atoms with Gasteiger partial charge < -0.3 is 4.42 Å². The molecule has 1 aliphatic rings. The van der Waals surface area contributed by atoms with Crippen LogP contribution in [0.1, 0.15) is 16.1 Å². The average Bonchev–Trinajstić information content (AvgIpc) is 3.29. The lowest BCUT2D eigenvalue weighted by Crippen LogP contribution is -2.33. The predicted molar refractivity (Wildman–Crippen MR) is 125 cm³/mol. The lowest BCUT2D eigenvalue weighted by Gasteiger charge is -2.11. The van der Waals surface area contributed by atoms with Gasteiger partial charge in [-0.3, -0.25) is 19.3 Å². The Bertz CT molecular complexity index is 1190. The van der Waals surface area contributed by atoms with Crippen LogP contribution in [0.25, 0.3) is 6.08 Å². The molecule has 1 aromatic heterocycles. The zero-order valence-corrected chi connectivity index (χ0v) is 19.7. The summed E-state index contributed by atoms with van der Waals surface area (Å²) in [7, 11) is 0. The predicted octanol–water partition coefficient (Wildman–Crippen LogP) is 6.77. The van der Waals surface area contributed by atoms with E-state index < -0.39 is 11.1 Å². The van der Waals surface area contributed by atoms with Crippen molar-refractivity contribution >= 4 is 74.1 Å². The number of thioether (sulfide) groups is 1. The van der Waals surface area contributed by atoms with Gasteiger partial charge in [0.25, 0.3) is 11.1 Å². The lowest BCUT2D eigenvalue weighted by molar-refractivity contribution is -0.122. The Hall–Kier alpha value is -2.26. The lowest BCUT2D eigenvalue weighted by atomic mass is 10.1. The fourth-order valence-electron chi connectivity index (χ4n) is 2.72. The Balaban J connectivity index is 1.44. The van der Waals surface area contributed by atoms with Gasteiger partial charge in [-0.25, -0.2) is 0 Å². The van der Waals surface area contributed by atoms with Crippen molar-refractivity contribution in [1.29, 1.82) is 0 Å². The molecule has 9 heteroatoms. The number of benzene rings is 2. The normalized spacial score (nSPS) is 15.2. The average molecular weight is 535 g/mol. The zero-order chi connectivity index (χ0) is 22.0. The van der Waals surface area contributed by atoms with Gasteiger partial charge in [0.1, 0.15) is 5.76 Å². The second kappa shape index (κ2) is 9.48. The van der Waals surface area contributed by atoms with Gasteiger partial charge in [-0.2, -0.15) is 0 Å². The van der Waals surface area contributed by atoms with Crippen molar-refractivity contribution in [3.05, 3.63) is 86.4 Å². The van der Waals surface area contributed by atoms with Crippen LogP contribution in [0.2, 0.25) is 5.02 Å². The molecule has 3 aromatic rings. The number of amides is 2. The molecule has 0 atom stereocenters. The van der Waals surface area contributed by atoms with Crippen LogP contribution in [0, 0.1) is 0 Å². The van der Waals surface area contributed by atoms with Crippen molar-refractivity contribution in [3.63, 3.8) is 0 Å². The van der Waals surface area contributed by atoms with E-state index in [2.05, 4.69) is 15.9 Å². The maximum Gasteiger partial charge on any atom is 0.293 e. The number of hydrogen-bond acceptors (Lipinski definition) is 6. The summed E-state index contributed by atoms with van der Waals surface area (Å²) in [6.07, 6.45) is 1.51. The molecule has 2 aromatic carbocycles. The van der Waals surface area contributed by atoms with E-state index in [-0.39, 0.29) is 17.2 Å². The topological polar surface area (TPSA) is 67.6 Å². The van der Waals surface area contributed by atoms with Crippen LogP contribution in [0.5, 0.6) is 0 Å². The number of imide groups is 1. The zero-order valence-electron chi connectivity index (χ0n) is 15.7. The highest BCUT2D eigenvalue weighted by molar-refractivity contribution is 9.10. The number of nitrogens with zero attached hydrogens (tertiary/aromatic N) is 1. The Morgan fingerprint density at radius 3 is 2.48 bits per heavy atom. The van der Waals surface area contributed by atoms with Crippen LogP contribution in [0.4, 0.5) is 4.79 Å². The molecule has 0 N–H and O–H groups in total. The van der Waals surface area contributed by atoms with Crippen molar-refractivity contribution < 1.29 is 18.8 Å². The molecule has 0 saturated carbocycles. The molecule has 2 heterocycles. The number of halogens is 2. The standard InChI is InChI=1S/C22H13BrClNO4S2/c23-14-3-1-13(2-4-14)18(26)12-25-21(27)19(31-22(25)28)11-16-7-10-20(29-16)30-17-8-5-15(24)6-9-17/h1-11H,12H2/b19-11-. The van der Waals surface area contributed by atoms with Crippen LogP contribution in [-0.2, 0) is 4.79 Å². The van der Waals surface area contributed by atoms with Crippen molar-refractivity contribution in [2.75, 3.05) is 6.54 Å². The van der Waals surface area contributed by atoms with Crippen molar-refractivity contribution in [2.45, 2.75) is 9.99 Å². The first-order chi connectivity index (χ1) is 14.9. The Morgan fingerprint density at radius 2 is 1.77 bits per heavy atom. The van der Waals surface area contributed by atoms with Crippen LogP contribution >= 0.6 is 51.1 Å². The number of Topliss-reactive ketones (excluding diaryl/α,β-unsaturated/α-hetero) is 1. The summed E-state index contributed by atoms with van der Waals surface area (Å²) in [5.41, 5.74) is 0.432. The van der Waals surface area contributed by atoms with E-state index >= 15 is 0 Å². The third-order valence-electron chi connectivity index (χ3n) is 4.25. The van der Waals surface area contributed by atoms with E-state index in [9.17, 15) is 14.4 Å². The minimum atomic E-state index is -0.510. The van der Waals surface area contributed by atoms with Gasteiger partial charge in [-0.1, -0.05) is 51.4 Å². The molecule has 0 aliphatic carbocycles. The number of carbonyl (C=O) groups is 3. The molecular weight excluding hydrogens is 522 g/mol. The second-order valence-corrected chi connectivity index (χ2v) is 9.83. The van der Waals surface area contributed by atoms with Crippen LogP contribution in [0.15, 0.2) is 84.4 Å². The Labute approximate surface area is 199 Å². The van der Waals surface area contributed by atoms with E-state index in [0.717, 1.165) is 26.0 Å². The maximum absolute atomic E-state index is 12.7. The molecule has 31 heavy (non-hydrogen) atoms. The molecule has 1 fully saturated rings. The van der Waals surface area contributed by atoms with E-state index in [1.807, 2.05) is 12.1 Å². The molecule has 4 rings (SSSR count). The molecule has 0 unspecified atom stereocenters. The summed E-state index contributed by atoms with van der Waals surface area (Å²) < 4.78 is 6.59. The molecule has 0 bridgehead atoms. The highest BCUT2D eigenvalue weighted by Gasteiger charge is 2.36. The first-order valence-corrected chi connectivity index (χ1v) is 11.8. The maximum atomic E-state index is 12.7. The third-order valence-corrected chi connectivity index (χ3v) is 6.87. The molecular formula is C22H13BrClNO4S2. The number of hydrogen-bond donors (Lipinski definition) is 0. The van der Waals surface area contributed by atoms with E-state index in [4.69, 9.17) is 16.0 Å². The van der Waals surface area contributed by atoms with E-state index in [0.29, 0.717) is 21.4 Å². The van der Waals surface area contributed by atoms with Gasteiger partial charge in [0.15, 0.2) is 10.9 Å². The third kappa shape index (κ3) is 5.33. The summed E-state index contributed by atoms with van der Waals surface area (Å²) in [5.74, 6) is -0.374. The monoisotopic (exact) mass is 533 g/mol. The van der Waals surface area contributed by atoms with Crippen LogP contribution in [-0.4, -0.2) is 28.4 Å². The summed E-state index contributed by atoms with van der Waals surface area (Å²) in [6.45, 7) is -0.306. The van der Waals surface area contributed by atoms with Gasteiger partial charge in [-0.15, -0.1) is 0 Å². The summed E-state index contributed by atoms with van der Waals surface area (Å²) in [6, 6.07) is 17.6. The van der Waals surface area contributed by atoms with Gasteiger partial charge in [0.05, 0.1) is 11.4 Å².